The Morgan fingerprint density at radius 3 is 2.52 bits per heavy atom. The van der Waals surface area contributed by atoms with E-state index in [1.165, 1.54) is 29.2 Å². The summed E-state index contributed by atoms with van der Waals surface area (Å²) in [5.74, 6) is 0. The Labute approximate surface area is 144 Å². The van der Waals surface area contributed by atoms with Gasteiger partial charge in [-0.05, 0) is 17.7 Å². The first-order chi connectivity index (χ1) is 11.7. The molecule has 1 aliphatic rings. The first kappa shape index (κ1) is 18.8. The predicted molar refractivity (Wildman–Crippen MR) is 86.3 cm³/mol. The molecular formula is C14H17N3O7S. The van der Waals surface area contributed by atoms with Gasteiger partial charge < -0.3 is 14.4 Å². The van der Waals surface area contributed by atoms with Crippen LogP contribution in [-0.2, 0) is 26.2 Å². The number of benzene rings is 1. The Morgan fingerprint density at radius 1 is 1.36 bits per heavy atom. The third-order valence-corrected chi connectivity index (χ3v) is 5.02. The van der Waals surface area contributed by atoms with E-state index in [4.69, 9.17) is 4.74 Å². The van der Waals surface area contributed by atoms with E-state index in [-0.39, 0.29) is 31.9 Å². The molecule has 0 aliphatic carbocycles. The molecular weight excluding hydrogens is 354 g/mol. The van der Waals surface area contributed by atoms with Gasteiger partial charge in [-0.1, -0.05) is 0 Å². The number of nitrogens with zero attached hydrogens (tertiary/aromatic N) is 3. The number of ether oxygens (including phenoxy) is 1. The number of piperazine rings is 1. The Kier molecular flexibility index (Phi) is 5.69. The van der Waals surface area contributed by atoms with Gasteiger partial charge in [0, 0.05) is 31.8 Å². The Hall–Kier alpha value is -2.53. The second-order valence-corrected chi connectivity index (χ2v) is 7.44. The van der Waals surface area contributed by atoms with Gasteiger partial charge in [-0.15, -0.1) is 0 Å². The van der Waals surface area contributed by atoms with Crippen molar-refractivity contribution in [3.63, 3.8) is 0 Å². The fourth-order valence-corrected chi connectivity index (χ4v) is 3.45. The Morgan fingerprint density at radius 2 is 2.00 bits per heavy atom. The molecule has 0 unspecified atom stereocenters. The molecule has 10 nitrogen and oxygen atoms in total. The Balaban J connectivity index is 1.93. The van der Waals surface area contributed by atoms with E-state index >= 15 is 0 Å². The van der Waals surface area contributed by atoms with Gasteiger partial charge in [0.15, 0.2) is 0 Å². The SMILES string of the molecule is CS(=O)(=O)N1CCN(C(=O)OCc2ccc([N+](=O)[O-])cc2)C[C@H]1C=O. The van der Waals surface area contributed by atoms with Gasteiger partial charge in [0.1, 0.15) is 12.9 Å². The molecule has 0 bridgehead atoms. The second kappa shape index (κ2) is 7.57. The summed E-state index contributed by atoms with van der Waals surface area (Å²) >= 11 is 0. The van der Waals surface area contributed by atoms with Crippen LogP contribution in [0.4, 0.5) is 10.5 Å². The van der Waals surface area contributed by atoms with Crippen LogP contribution in [0.5, 0.6) is 0 Å². The quantitative estimate of drug-likeness (QED) is 0.416. The zero-order valence-electron chi connectivity index (χ0n) is 13.4. The molecule has 1 saturated heterocycles. The summed E-state index contributed by atoms with van der Waals surface area (Å²) < 4.78 is 29.4. The minimum absolute atomic E-state index is 0.00880. The van der Waals surface area contributed by atoms with Crippen molar-refractivity contribution >= 4 is 28.1 Å². The molecule has 0 spiro atoms. The summed E-state index contributed by atoms with van der Waals surface area (Å²) in [5, 5.41) is 10.6. The summed E-state index contributed by atoms with van der Waals surface area (Å²) in [6.45, 7) is -0.0596. The van der Waals surface area contributed by atoms with Crippen LogP contribution >= 0.6 is 0 Å². The molecule has 1 amide bonds. The molecule has 1 aliphatic heterocycles. The van der Waals surface area contributed by atoms with Crippen LogP contribution in [0.2, 0.25) is 0 Å². The molecule has 0 aromatic heterocycles. The molecule has 2 rings (SSSR count). The lowest BCUT2D eigenvalue weighted by Crippen LogP contribution is -2.56. The van der Waals surface area contributed by atoms with Crippen LogP contribution < -0.4 is 0 Å². The maximum absolute atomic E-state index is 12.1. The largest absolute Gasteiger partial charge is 0.445 e. The molecule has 0 saturated carbocycles. The fourth-order valence-electron chi connectivity index (χ4n) is 2.43. The molecule has 136 valence electrons. The Bertz CT molecular complexity index is 763. The smallest absolute Gasteiger partial charge is 0.410 e. The van der Waals surface area contributed by atoms with Crippen molar-refractivity contribution in [2.24, 2.45) is 0 Å². The third kappa shape index (κ3) is 4.73. The maximum Gasteiger partial charge on any atom is 0.410 e. The zero-order valence-corrected chi connectivity index (χ0v) is 14.2. The summed E-state index contributed by atoms with van der Waals surface area (Å²) in [6.07, 6.45) is 0.807. The van der Waals surface area contributed by atoms with E-state index in [2.05, 4.69) is 0 Å². The first-order valence-electron chi connectivity index (χ1n) is 7.29. The average molecular weight is 371 g/mol. The van der Waals surface area contributed by atoms with Crippen LogP contribution in [0.3, 0.4) is 0 Å². The second-order valence-electron chi connectivity index (χ2n) is 5.50. The predicted octanol–water partition coefficient (Wildman–Crippen LogP) is 0.376. The fraction of sp³-hybridized carbons (Fsp3) is 0.429. The standard InChI is InChI=1S/C14H17N3O7S/c1-25(22,23)16-7-6-15(8-13(16)9-18)14(19)24-10-11-2-4-12(5-3-11)17(20)21/h2-5,9,13H,6-8,10H2,1H3/t13-/m0/s1. The van der Waals surface area contributed by atoms with Crippen molar-refractivity contribution in [1.82, 2.24) is 9.21 Å². The van der Waals surface area contributed by atoms with Gasteiger partial charge >= 0.3 is 6.09 Å². The van der Waals surface area contributed by atoms with Crippen LogP contribution in [0.15, 0.2) is 24.3 Å². The molecule has 11 heteroatoms. The van der Waals surface area contributed by atoms with E-state index < -0.39 is 27.1 Å². The van der Waals surface area contributed by atoms with Crippen LogP contribution in [0.1, 0.15) is 5.56 Å². The van der Waals surface area contributed by atoms with E-state index in [0.717, 1.165) is 10.6 Å². The van der Waals surface area contributed by atoms with Crippen molar-refractivity contribution in [3.05, 3.63) is 39.9 Å². The lowest BCUT2D eigenvalue weighted by molar-refractivity contribution is -0.384. The molecule has 1 aromatic carbocycles. The number of amides is 1. The van der Waals surface area contributed by atoms with Crippen LogP contribution in [-0.4, -0.2) is 66.9 Å². The normalized spacial score (nSPS) is 18.6. The minimum atomic E-state index is -3.53. The van der Waals surface area contributed by atoms with Crippen molar-refractivity contribution in [2.75, 3.05) is 25.9 Å². The van der Waals surface area contributed by atoms with Crippen LogP contribution in [0.25, 0.3) is 0 Å². The number of nitro groups is 1. The highest BCUT2D eigenvalue weighted by Crippen LogP contribution is 2.15. The van der Waals surface area contributed by atoms with Crippen LogP contribution in [0, 0.1) is 10.1 Å². The molecule has 1 fully saturated rings. The highest BCUT2D eigenvalue weighted by atomic mass is 32.2. The lowest BCUT2D eigenvalue weighted by atomic mass is 10.2. The van der Waals surface area contributed by atoms with Crippen molar-refractivity contribution in [3.8, 4) is 0 Å². The zero-order chi connectivity index (χ0) is 18.6. The number of sulfonamides is 1. The molecule has 1 aromatic rings. The first-order valence-corrected chi connectivity index (χ1v) is 9.14. The number of nitro benzene ring substituents is 1. The summed E-state index contributed by atoms with van der Waals surface area (Å²) in [7, 11) is -3.53. The van der Waals surface area contributed by atoms with Crippen molar-refractivity contribution in [1.29, 1.82) is 0 Å². The van der Waals surface area contributed by atoms with E-state index in [0.29, 0.717) is 11.8 Å². The number of carbonyl (C=O) groups excluding carboxylic acids is 2. The maximum atomic E-state index is 12.1. The molecule has 0 radical (unpaired) electrons. The number of carbonyl (C=O) groups is 2. The molecule has 25 heavy (non-hydrogen) atoms. The topological polar surface area (TPSA) is 127 Å². The average Bonchev–Trinajstić information content (AvgIpc) is 2.58. The van der Waals surface area contributed by atoms with Gasteiger partial charge in [-0.2, -0.15) is 4.31 Å². The minimum Gasteiger partial charge on any atom is -0.445 e. The van der Waals surface area contributed by atoms with E-state index in [9.17, 15) is 28.1 Å². The van der Waals surface area contributed by atoms with Crippen molar-refractivity contribution < 1.29 is 27.7 Å². The van der Waals surface area contributed by atoms with Gasteiger partial charge in [0.25, 0.3) is 5.69 Å². The summed E-state index contributed by atoms with van der Waals surface area (Å²) in [6, 6.07) is 4.60. The van der Waals surface area contributed by atoms with E-state index in [1.807, 2.05) is 0 Å². The molecule has 0 N–H and O–H groups in total. The third-order valence-electron chi connectivity index (χ3n) is 3.72. The van der Waals surface area contributed by atoms with Gasteiger partial charge in [-0.25, -0.2) is 13.2 Å². The number of hydrogen-bond donors (Lipinski definition) is 0. The van der Waals surface area contributed by atoms with Gasteiger partial charge in [0.05, 0.1) is 17.2 Å². The summed E-state index contributed by atoms with van der Waals surface area (Å²) in [4.78, 5) is 34.5. The number of rotatable bonds is 5. The summed E-state index contributed by atoms with van der Waals surface area (Å²) in [5.41, 5.74) is 0.501. The van der Waals surface area contributed by atoms with E-state index in [1.54, 1.807) is 0 Å². The van der Waals surface area contributed by atoms with Gasteiger partial charge in [0.2, 0.25) is 10.0 Å². The number of aldehydes is 1. The molecule has 1 atom stereocenters. The lowest BCUT2D eigenvalue weighted by Gasteiger charge is -2.36. The van der Waals surface area contributed by atoms with Gasteiger partial charge in [-0.3, -0.25) is 10.1 Å². The highest BCUT2D eigenvalue weighted by Gasteiger charge is 2.34. The number of non-ortho nitro benzene ring substituents is 1. The van der Waals surface area contributed by atoms with Crippen molar-refractivity contribution in [2.45, 2.75) is 12.6 Å². The highest BCUT2D eigenvalue weighted by molar-refractivity contribution is 7.88. The molecule has 1 heterocycles. The number of hydrogen-bond acceptors (Lipinski definition) is 7. The monoisotopic (exact) mass is 371 g/mol.